The molecule has 0 saturated heterocycles. The van der Waals surface area contributed by atoms with Crippen LogP contribution in [0.1, 0.15) is 25.3 Å². The standard InChI is InChI=1S/C14H20N2O2S/c1-2-3-12(13(15)19)14(18)16-9-8-10-4-6-11(17)7-5-10/h4-7,12,17H,2-3,8-9H2,1H3,(H2,15,19)(H,16,18). The lowest BCUT2D eigenvalue weighted by molar-refractivity contribution is -0.123. The number of carbonyl (C=O) groups is 1. The largest absolute Gasteiger partial charge is 0.508 e. The number of rotatable bonds is 7. The van der Waals surface area contributed by atoms with Crippen LogP contribution in [-0.2, 0) is 11.2 Å². The monoisotopic (exact) mass is 280 g/mol. The molecule has 0 aliphatic carbocycles. The molecule has 0 spiro atoms. The molecule has 0 radical (unpaired) electrons. The highest BCUT2D eigenvalue weighted by Gasteiger charge is 2.19. The van der Waals surface area contributed by atoms with Gasteiger partial charge in [-0.15, -0.1) is 0 Å². The summed E-state index contributed by atoms with van der Waals surface area (Å²) in [5, 5.41) is 12.0. The highest BCUT2D eigenvalue weighted by molar-refractivity contribution is 7.80. The van der Waals surface area contributed by atoms with Gasteiger partial charge in [-0.1, -0.05) is 37.7 Å². The van der Waals surface area contributed by atoms with E-state index in [0.717, 1.165) is 12.0 Å². The first-order valence-electron chi connectivity index (χ1n) is 6.39. The van der Waals surface area contributed by atoms with Gasteiger partial charge in [0.15, 0.2) is 0 Å². The number of nitrogens with two attached hydrogens (primary N) is 1. The quantitative estimate of drug-likeness (QED) is 0.665. The summed E-state index contributed by atoms with van der Waals surface area (Å²) in [5.74, 6) is -0.239. The van der Waals surface area contributed by atoms with Crippen LogP contribution in [0.2, 0.25) is 0 Å². The summed E-state index contributed by atoms with van der Waals surface area (Å²) in [6.07, 6.45) is 2.26. The second-order valence-corrected chi connectivity index (χ2v) is 4.92. The van der Waals surface area contributed by atoms with Crippen LogP contribution >= 0.6 is 12.2 Å². The van der Waals surface area contributed by atoms with Crippen LogP contribution in [0.3, 0.4) is 0 Å². The van der Waals surface area contributed by atoms with Gasteiger partial charge in [0.1, 0.15) is 5.75 Å². The van der Waals surface area contributed by atoms with E-state index in [1.807, 2.05) is 19.1 Å². The zero-order valence-corrected chi connectivity index (χ0v) is 11.9. The number of aromatic hydroxyl groups is 1. The number of nitrogens with one attached hydrogen (secondary N) is 1. The summed E-state index contributed by atoms with van der Waals surface area (Å²) in [6, 6.07) is 6.93. The highest BCUT2D eigenvalue weighted by Crippen LogP contribution is 2.10. The van der Waals surface area contributed by atoms with Crippen molar-refractivity contribution in [2.24, 2.45) is 11.7 Å². The average molecular weight is 280 g/mol. The first-order valence-corrected chi connectivity index (χ1v) is 6.80. The maximum atomic E-state index is 11.9. The summed E-state index contributed by atoms with van der Waals surface area (Å²) >= 11 is 4.91. The van der Waals surface area contributed by atoms with Crippen LogP contribution in [0, 0.1) is 5.92 Å². The Morgan fingerprint density at radius 1 is 1.42 bits per heavy atom. The molecule has 5 heteroatoms. The molecule has 0 heterocycles. The fourth-order valence-corrected chi connectivity index (χ4v) is 2.03. The molecule has 0 fully saturated rings. The van der Waals surface area contributed by atoms with E-state index in [1.165, 1.54) is 0 Å². The third-order valence-electron chi connectivity index (χ3n) is 2.89. The van der Waals surface area contributed by atoms with Gasteiger partial charge in [-0.25, -0.2) is 0 Å². The van der Waals surface area contributed by atoms with Crippen molar-refractivity contribution in [2.75, 3.05) is 6.54 Å². The number of benzene rings is 1. The summed E-state index contributed by atoms with van der Waals surface area (Å²) in [4.78, 5) is 12.2. The van der Waals surface area contributed by atoms with Gasteiger partial charge in [-0.3, -0.25) is 4.79 Å². The minimum atomic E-state index is -0.375. The van der Waals surface area contributed by atoms with Crippen LogP contribution in [0.15, 0.2) is 24.3 Å². The SMILES string of the molecule is CCCC(C(=O)NCCc1ccc(O)cc1)C(N)=S. The maximum Gasteiger partial charge on any atom is 0.229 e. The Hall–Kier alpha value is -1.62. The van der Waals surface area contributed by atoms with Crippen molar-refractivity contribution in [1.82, 2.24) is 5.32 Å². The smallest absolute Gasteiger partial charge is 0.229 e. The number of amides is 1. The lowest BCUT2D eigenvalue weighted by Gasteiger charge is -2.14. The minimum absolute atomic E-state index is 0.104. The summed E-state index contributed by atoms with van der Waals surface area (Å²) in [7, 11) is 0. The van der Waals surface area contributed by atoms with Gasteiger partial charge in [0.2, 0.25) is 5.91 Å². The number of hydrogen-bond acceptors (Lipinski definition) is 3. The molecule has 1 aromatic carbocycles. The van der Waals surface area contributed by atoms with Crippen LogP contribution in [0.25, 0.3) is 0 Å². The lowest BCUT2D eigenvalue weighted by atomic mass is 10.0. The van der Waals surface area contributed by atoms with E-state index in [9.17, 15) is 4.79 Å². The first kappa shape index (κ1) is 15.4. The van der Waals surface area contributed by atoms with Crippen LogP contribution in [0.4, 0.5) is 0 Å². The predicted octanol–water partition coefficient (Wildman–Crippen LogP) is 1.75. The Morgan fingerprint density at radius 3 is 2.58 bits per heavy atom. The van der Waals surface area contributed by atoms with Gasteiger partial charge < -0.3 is 16.2 Å². The molecule has 1 aromatic rings. The maximum absolute atomic E-state index is 11.9. The normalized spacial score (nSPS) is 11.8. The molecule has 1 amide bonds. The molecule has 0 aromatic heterocycles. The number of hydrogen-bond donors (Lipinski definition) is 3. The number of phenolic OH excluding ortho intramolecular Hbond substituents is 1. The third-order valence-corrected chi connectivity index (χ3v) is 3.17. The minimum Gasteiger partial charge on any atom is -0.508 e. The van der Waals surface area contributed by atoms with Crippen molar-refractivity contribution in [3.63, 3.8) is 0 Å². The fourth-order valence-electron chi connectivity index (χ4n) is 1.81. The summed E-state index contributed by atoms with van der Waals surface area (Å²) in [6.45, 7) is 2.53. The van der Waals surface area contributed by atoms with Crippen LogP contribution in [-0.4, -0.2) is 22.5 Å². The molecular formula is C14H20N2O2S. The molecule has 1 atom stereocenters. The second kappa shape index (κ2) is 7.74. The molecule has 1 rings (SSSR count). The Bertz CT molecular complexity index is 432. The predicted molar refractivity (Wildman–Crippen MR) is 80.0 cm³/mol. The van der Waals surface area contributed by atoms with Gasteiger partial charge in [0.05, 0.1) is 10.9 Å². The molecule has 104 valence electrons. The first-order chi connectivity index (χ1) is 9.04. The molecule has 0 saturated carbocycles. The van der Waals surface area contributed by atoms with E-state index in [4.69, 9.17) is 23.1 Å². The van der Waals surface area contributed by atoms with Gasteiger partial charge in [0.25, 0.3) is 0 Å². The van der Waals surface area contributed by atoms with Crippen LogP contribution in [0.5, 0.6) is 5.75 Å². The van der Waals surface area contributed by atoms with E-state index in [0.29, 0.717) is 19.4 Å². The van der Waals surface area contributed by atoms with Crippen molar-refractivity contribution in [3.05, 3.63) is 29.8 Å². The third kappa shape index (κ3) is 5.26. The second-order valence-electron chi connectivity index (χ2n) is 4.45. The number of thiocarbonyl (C=S) groups is 1. The van der Waals surface area contributed by atoms with Crippen molar-refractivity contribution < 1.29 is 9.90 Å². The molecule has 1 unspecified atom stereocenters. The summed E-state index contributed by atoms with van der Waals surface area (Å²) in [5.41, 5.74) is 6.62. The fraction of sp³-hybridized carbons (Fsp3) is 0.429. The molecule has 0 bridgehead atoms. The molecule has 0 aliphatic rings. The van der Waals surface area contributed by atoms with Crippen molar-refractivity contribution >= 4 is 23.1 Å². The van der Waals surface area contributed by atoms with E-state index in [-0.39, 0.29) is 22.6 Å². The van der Waals surface area contributed by atoms with E-state index < -0.39 is 0 Å². The molecule has 4 N–H and O–H groups in total. The lowest BCUT2D eigenvalue weighted by Crippen LogP contribution is -2.38. The Morgan fingerprint density at radius 2 is 2.05 bits per heavy atom. The Balaban J connectivity index is 2.41. The van der Waals surface area contributed by atoms with E-state index in [1.54, 1.807) is 12.1 Å². The average Bonchev–Trinajstić information content (AvgIpc) is 2.37. The zero-order valence-electron chi connectivity index (χ0n) is 11.1. The zero-order chi connectivity index (χ0) is 14.3. The molecule has 4 nitrogen and oxygen atoms in total. The topological polar surface area (TPSA) is 75.3 Å². The van der Waals surface area contributed by atoms with Gasteiger partial charge in [0, 0.05) is 6.54 Å². The van der Waals surface area contributed by atoms with Crippen molar-refractivity contribution in [3.8, 4) is 5.75 Å². The molecule has 0 aliphatic heterocycles. The molecular weight excluding hydrogens is 260 g/mol. The van der Waals surface area contributed by atoms with Crippen LogP contribution < -0.4 is 11.1 Å². The highest BCUT2D eigenvalue weighted by atomic mass is 32.1. The van der Waals surface area contributed by atoms with Crippen molar-refractivity contribution in [1.29, 1.82) is 0 Å². The van der Waals surface area contributed by atoms with Gasteiger partial charge in [-0.2, -0.15) is 0 Å². The van der Waals surface area contributed by atoms with E-state index in [2.05, 4.69) is 5.32 Å². The van der Waals surface area contributed by atoms with Gasteiger partial charge >= 0.3 is 0 Å². The van der Waals surface area contributed by atoms with Crippen molar-refractivity contribution in [2.45, 2.75) is 26.2 Å². The number of phenols is 1. The molecule has 19 heavy (non-hydrogen) atoms. The Labute approximate surface area is 119 Å². The van der Waals surface area contributed by atoms with Gasteiger partial charge in [-0.05, 0) is 30.5 Å². The summed E-state index contributed by atoms with van der Waals surface area (Å²) < 4.78 is 0. The van der Waals surface area contributed by atoms with E-state index >= 15 is 0 Å². The Kier molecular flexibility index (Phi) is 6.29. The number of carbonyl (C=O) groups excluding carboxylic acids is 1.